The molecule has 5 nitrogen and oxygen atoms in total. The maximum absolute atomic E-state index is 13.0. The van der Waals surface area contributed by atoms with Gasteiger partial charge in [-0.3, -0.25) is 4.79 Å². The van der Waals surface area contributed by atoms with Crippen LogP contribution in [0.4, 0.5) is 19.0 Å². The predicted octanol–water partition coefficient (Wildman–Crippen LogP) is 5.51. The fraction of sp³-hybridized carbons (Fsp3) is 0.136. The Morgan fingerprint density at radius 1 is 1.00 bits per heavy atom. The molecule has 0 unspecified atom stereocenters. The highest BCUT2D eigenvalue weighted by atomic mass is 19.4. The first-order valence-electron chi connectivity index (χ1n) is 9.14. The quantitative estimate of drug-likeness (QED) is 0.468. The molecule has 2 aromatic heterocycles. The number of aromatic amines is 1. The number of carbonyl (C=O) groups is 1. The van der Waals surface area contributed by atoms with Crippen LogP contribution in [-0.4, -0.2) is 20.9 Å². The van der Waals surface area contributed by atoms with Gasteiger partial charge >= 0.3 is 6.18 Å². The molecule has 2 aromatic carbocycles. The van der Waals surface area contributed by atoms with E-state index in [9.17, 15) is 18.0 Å². The highest BCUT2D eigenvalue weighted by Crippen LogP contribution is 2.32. The van der Waals surface area contributed by atoms with Crippen molar-refractivity contribution in [3.05, 3.63) is 77.0 Å². The van der Waals surface area contributed by atoms with Gasteiger partial charge in [0.25, 0.3) is 5.91 Å². The zero-order valence-electron chi connectivity index (χ0n) is 16.1. The molecule has 0 saturated heterocycles. The summed E-state index contributed by atoms with van der Waals surface area (Å²) in [6.07, 6.45) is -4.45. The summed E-state index contributed by atoms with van der Waals surface area (Å²) in [6, 6.07) is 13.5. The van der Waals surface area contributed by atoms with Gasteiger partial charge in [0.2, 0.25) is 0 Å². The molecule has 152 valence electrons. The van der Waals surface area contributed by atoms with Gasteiger partial charge in [0.1, 0.15) is 17.2 Å². The van der Waals surface area contributed by atoms with Crippen LogP contribution in [0.15, 0.2) is 54.6 Å². The molecule has 0 fully saturated rings. The van der Waals surface area contributed by atoms with E-state index in [-0.39, 0.29) is 11.4 Å². The Kier molecular flexibility index (Phi) is 4.77. The molecule has 0 aliphatic carbocycles. The minimum absolute atomic E-state index is 0.251. The van der Waals surface area contributed by atoms with Crippen LogP contribution < -0.4 is 5.32 Å². The summed E-state index contributed by atoms with van der Waals surface area (Å²) in [6.45, 7) is 3.73. The summed E-state index contributed by atoms with van der Waals surface area (Å²) in [5, 5.41) is 2.76. The Bertz CT molecular complexity index is 1240. The normalized spacial score (nSPS) is 11.6. The van der Waals surface area contributed by atoms with Crippen molar-refractivity contribution in [2.75, 3.05) is 5.32 Å². The third kappa shape index (κ3) is 3.89. The average Bonchev–Trinajstić information content (AvgIpc) is 3.11. The molecular weight excluding hydrogens is 393 g/mol. The lowest BCUT2D eigenvalue weighted by Crippen LogP contribution is -2.14. The second-order valence-electron chi connectivity index (χ2n) is 6.99. The topological polar surface area (TPSA) is 70.7 Å². The van der Waals surface area contributed by atoms with Crippen LogP contribution in [0.3, 0.4) is 0 Å². The first-order chi connectivity index (χ1) is 14.2. The largest absolute Gasteiger partial charge is 0.416 e. The molecule has 0 spiro atoms. The van der Waals surface area contributed by atoms with Crippen LogP contribution in [-0.2, 0) is 6.18 Å². The molecule has 8 heteroatoms. The fourth-order valence-corrected chi connectivity index (χ4v) is 3.28. The number of aryl methyl sites for hydroxylation is 2. The summed E-state index contributed by atoms with van der Waals surface area (Å²) in [4.78, 5) is 24.5. The Morgan fingerprint density at radius 2 is 1.77 bits per heavy atom. The monoisotopic (exact) mass is 410 g/mol. The molecule has 0 saturated carbocycles. The Hall–Kier alpha value is -3.68. The van der Waals surface area contributed by atoms with E-state index in [1.54, 1.807) is 24.3 Å². The number of amides is 1. The molecule has 30 heavy (non-hydrogen) atoms. The number of nitrogens with one attached hydrogen (secondary N) is 2. The minimum atomic E-state index is -4.45. The van der Waals surface area contributed by atoms with Crippen LogP contribution in [0.2, 0.25) is 0 Å². The Balaban J connectivity index is 1.71. The second-order valence-corrected chi connectivity index (χ2v) is 6.99. The number of hydrogen-bond acceptors (Lipinski definition) is 3. The van der Waals surface area contributed by atoms with Gasteiger partial charge in [0.15, 0.2) is 0 Å². The number of nitrogens with zero attached hydrogens (tertiary/aromatic N) is 2. The standard InChI is InChI=1S/C22H17F3N4O/c1-12-9-13(2)26-18(10-12)28-21(30)16-7-4-8-17-19(16)29-20(27-17)14-5-3-6-15(11-14)22(23,24)25/h3-11H,1-2H3,(H,27,29)(H,26,28,30). The first-order valence-corrected chi connectivity index (χ1v) is 9.14. The summed E-state index contributed by atoms with van der Waals surface area (Å²) in [5.74, 6) is 0.268. The number of alkyl halides is 3. The maximum Gasteiger partial charge on any atom is 0.416 e. The van der Waals surface area contributed by atoms with E-state index in [2.05, 4.69) is 20.3 Å². The van der Waals surface area contributed by atoms with Gasteiger partial charge in [-0.05, 0) is 55.8 Å². The van der Waals surface area contributed by atoms with Crippen LogP contribution in [0.5, 0.6) is 0 Å². The van der Waals surface area contributed by atoms with Crippen molar-refractivity contribution in [2.24, 2.45) is 0 Å². The summed E-state index contributed by atoms with van der Waals surface area (Å²) in [5.41, 5.74) is 2.46. The highest BCUT2D eigenvalue weighted by Gasteiger charge is 2.30. The maximum atomic E-state index is 13.0. The number of benzene rings is 2. The van der Waals surface area contributed by atoms with E-state index >= 15 is 0 Å². The van der Waals surface area contributed by atoms with E-state index < -0.39 is 17.6 Å². The van der Waals surface area contributed by atoms with Crippen molar-refractivity contribution in [1.82, 2.24) is 15.0 Å². The molecule has 0 bridgehead atoms. The SMILES string of the molecule is Cc1cc(C)nc(NC(=O)c2cccc3[nH]c(-c4cccc(C(F)(F)F)c4)nc23)c1. The number of fused-ring (bicyclic) bond motifs is 1. The second kappa shape index (κ2) is 7.29. The smallest absolute Gasteiger partial charge is 0.338 e. The average molecular weight is 410 g/mol. The number of carbonyl (C=O) groups excluding carboxylic acids is 1. The summed E-state index contributed by atoms with van der Waals surface area (Å²) >= 11 is 0. The van der Waals surface area contributed by atoms with Gasteiger partial charge in [0.05, 0.1) is 16.6 Å². The van der Waals surface area contributed by atoms with E-state index in [1.807, 2.05) is 19.9 Å². The first kappa shape index (κ1) is 19.6. The molecule has 1 amide bonds. The number of para-hydroxylation sites is 1. The van der Waals surface area contributed by atoms with Gasteiger partial charge in [0, 0.05) is 11.3 Å². The van der Waals surface area contributed by atoms with Crippen molar-refractivity contribution < 1.29 is 18.0 Å². The van der Waals surface area contributed by atoms with E-state index in [4.69, 9.17) is 0 Å². The van der Waals surface area contributed by atoms with E-state index in [1.165, 1.54) is 12.1 Å². The molecule has 0 atom stereocenters. The number of imidazole rings is 1. The van der Waals surface area contributed by atoms with Gasteiger partial charge < -0.3 is 10.3 Å². The number of pyridine rings is 1. The molecule has 2 heterocycles. The number of anilines is 1. The minimum Gasteiger partial charge on any atom is -0.338 e. The number of rotatable bonds is 3. The van der Waals surface area contributed by atoms with Crippen molar-refractivity contribution in [3.63, 3.8) is 0 Å². The van der Waals surface area contributed by atoms with Crippen LogP contribution >= 0.6 is 0 Å². The van der Waals surface area contributed by atoms with Crippen LogP contribution in [0.1, 0.15) is 27.2 Å². The van der Waals surface area contributed by atoms with Crippen molar-refractivity contribution >= 4 is 22.8 Å². The lowest BCUT2D eigenvalue weighted by atomic mass is 10.1. The molecule has 0 aliphatic heterocycles. The third-order valence-electron chi connectivity index (χ3n) is 4.56. The number of halogens is 3. The van der Waals surface area contributed by atoms with Crippen LogP contribution in [0.25, 0.3) is 22.4 Å². The van der Waals surface area contributed by atoms with Gasteiger partial charge in [-0.2, -0.15) is 13.2 Å². The van der Waals surface area contributed by atoms with Crippen molar-refractivity contribution in [1.29, 1.82) is 0 Å². The number of H-pyrrole nitrogens is 1. The zero-order valence-corrected chi connectivity index (χ0v) is 16.1. The molecule has 2 N–H and O–H groups in total. The third-order valence-corrected chi connectivity index (χ3v) is 4.56. The van der Waals surface area contributed by atoms with Crippen LogP contribution in [0, 0.1) is 13.8 Å². The van der Waals surface area contributed by atoms with E-state index in [0.29, 0.717) is 22.4 Å². The molecule has 4 rings (SSSR count). The Morgan fingerprint density at radius 3 is 2.50 bits per heavy atom. The molecular formula is C22H17F3N4O. The van der Waals surface area contributed by atoms with Gasteiger partial charge in [-0.15, -0.1) is 0 Å². The number of aromatic nitrogens is 3. The van der Waals surface area contributed by atoms with Crippen molar-refractivity contribution in [2.45, 2.75) is 20.0 Å². The lowest BCUT2D eigenvalue weighted by molar-refractivity contribution is -0.137. The predicted molar refractivity (Wildman–Crippen MR) is 108 cm³/mol. The van der Waals surface area contributed by atoms with E-state index in [0.717, 1.165) is 23.4 Å². The Labute approximate surface area is 170 Å². The van der Waals surface area contributed by atoms with Gasteiger partial charge in [-0.1, -0.05) is 18.2 Å². The summed E-state index contributed by atoms with van der Waals surface area (Å²) in [7, 11) is 0. The molecule has 4 aromatic rings. The number of hydrogen-bond donors (Lipinski definition) is 2. The zero-order chi connectivity index (χ0) is 21.5. The fourth-order valence-electron chi connectivity index (χ4n) is 3.28. The van der Waals surface area contributed by atoms with Crippen molar-refractivity contribution in [3.8, 4) is 11.4 Å². The summed E-state index contributed by atoms with van der Waals surface area (Å²) < 4.78 is 39.1. The highest BCUT2D eigenvalue weighted by molar-refractivity contribution is 6.11. The molecule has 0 radical (unpaired) electrons. The molecule has 0 aliphatic rings. The lowest BCUT2D eigenvalue weighted by Gasteiger charge is -2.07. The van der Waals surface area contributed by atoms with Gasteiger partial charge in [-0.25, -0.2) is 9.97 Å².